The maximum absolute atomic E-state index is 12.7. The zero-order chi connectivity index (χ0) is 20.9. The molecule has 1 aliphatic heterocycles. The highest BCUT2D eigenvalue weighted by atomic mass is 32.2. The number of fused-ring (bicyclic) bond motifs is 1. The molecule has 154 valence electrons. The van der Waals surface area contributed by atoms with Crippen LogP contribution in [0.15, 0.2) is 40.1 Å². The first-order valence-electron chi connectivity index (χ1n) is 10.2. The minimum atomic E-state index is -0.406. The standard InChI is InChI=1S/C22H23N5O2S/c1-2-29-21(28)18(12-15-8-10-16(13-23)11-9-15)19-14-30-22-25-24-20(27(22)26-19)17-6-4-3-5-7-17/h8-12,17H,2-7,14H2,1H3/b18-12-. The molecule has 8 heteroatoms. The monoisotopic (exact) mass is 421 g/mol. The van der Waals surface area contributed by atoms with E-state index in [4.69, 9.17) is 15.1 Å². The summed E-state index contributed by atoms with van der Waals surface area (Å²) in [5.74, 6) is 1.36. The number of carbonyl (C=O) groups excluding carboxylic acids is 1. The summed E-state index contributed by atoms with van der Waals surface area (Å²) < 4.78 is 7.11. The van der Waals surface area contributed by atoms with Gasteiger partial charge in [-0.2, -0.15) is 15.0 Å². The highest BCUT2D eigenvalue weighted by Crippen LogP contribution is 2.34. The molecule has 0 radical (unpaired) electrons. The molecule has 4 rings (SSSR count). The summed E-state index contributed by atoms with van der Waals surface area (Å²) in [6, 6.07) is 9.18. The van der Waals surface area contributed by atoms with Gasteiger partial charge >= 0.3 is 5.97 Å². The Morgan fingerprint density at radius 1 is 1.27 bits per heavy atom. The molecule has 1 aromatic heterocycles. The third-order valence-electron chi connectivity index (χ3n) is 5.32. The van der Waals surface area contributed by atoms with Crippen LogP contribution in [0.1, 0.15) is 61.9 Å². The van der Waals surface area contributed by atoms with Crippen LogP contribution in [-0.2, 0) is 9.53 Å². The second-order valence-electron chi connectivity index (χ2n) is 7.34. The van der Waals surface area contributed by atoms with E-state index >= 15 is 0 Å². The van der Waals surface area contributed by atoms with Gasteiger partial charge in [0.15, 0.2) is 5.82 Å². The van der Waals surface area contributed by atoms with E-state index in [1.54, 1.807) is 25.1 Å². The van der Waals surface area contributed by atoms with Crippen LogP contribution in [0.4, 0.5) is 0 Å². The molecule has 30 heavy (non-hydrogen) atoms. The molecule has 2 heterocycles. The summed E-state index contributed by atoms with van der Waals surface area (Å²) in [6.45, 7) is 2.07. The van der Waals surface area contributed by atoms with E-state index in [-0.39, 0.29) is 6.61 Å². The molecule has 1 aliphatic carbocycles. The molecule has 1 saturated carbocycles. The van der Waals surface area contributed by atoms with Gasteiger partial charge in [-0.3, -0.25) is 0 Å². The fourth-order valence-electron chi connectivity index (χ4n) is 3.78. The number of esters is 1. The van der Waals surface area contributed by atoms with Gasteiger partial charge in [-0.05, 0) is 43.5 Å². The molecular weight excluding hydrogens is 398 g/mol. The van der Waals surface area contributed by atoms with E-state index in [1.165, 1.54) is 31.0 Å². The number of nitriles is 1. The van der Waals surface area contributed by atoms with Crippen molar-refractivity contribution in [3.63, 3.8) is 0 Å². The van der Waals surface area contributed by atoms with Crippen molar-refractivity contribution < 1.29 is 9.53 Å². The fraction of sp³-hybridized carbons (Fsp3) is 0.409. The molecule has 2 aliphatic rings. The Morgan fingerprint density at radius 2 is 2.03 bits per heavy atom. The van der Waals surface area contributed by atoms with Crippen LogP contribution in [0.5, 0.6) is 0 Å². The molecular formula is C22H23N5O2S. The lowest BCUT2D eigenvalue weighted by molar-refractivity contribution is -0.137. The number of ether oxygens (including phenoxy) is 1. The smallest absolute Gasteiger partial charge is 0.340 e. The molecule has 0 amide bonds. The molecule has 0 bridgehead atoms. The predicted octanol–water partition coefficient (Wildman–Crippen LogP) is 4.15. The molecule has 0 unspecified atom stereocenters. The Bertz CT molecular complexity index is 1030. The van der Waals surface area contributed by atoms with Crippen LogP contribution in [0.2, 0.25) is 0 Å². The van der Waals surface area contributed by atoms with Gasteiger partial charge in [0, 0.05) is 11.7 Å². The van der Waals surface area contributed by atoms with Gasteiger partial charge in [0.1, 0.15) is 0 Å². The van der Waals surface area contributed by atoms with Crippen molar-refractivity contribution in [2.24, 2.45) is 5.10 Å². The summed E-state index contributed by atoms with van der Waals surface area (Å²) in [6.07, 6.45) is 7.63. The molecule has 0 saturated heterocycles. The summed E-state index contributed by atoms with van der Waals surface area (Å²) >= 11 is 1.53. The van der Waals surface area contributed by atoms with E-state index in [2.05, 4.69) is 16.3 Å². The second kappa shape index (κ2) is 9.26. The van der Waals surface area contributed by atoms with E-state index in [1.807, 2.05) is 16.8 Å². The van der Waals surface area contributed by atoms with Gasteiger partial charge in [-0.1, -0.05) is 43.2 Å². The number of aromatic nitrogens is 3. The lowest BCUT2D eigenvalue weighted by atomic mass is 9.89. The Morgan fingerprint density at radius 3 is 2.73 bits per heavy atom. The maximum atomic E-state index is 12.7. The summed E-state index contributed by atoms with van der Waals surface area (Å²) in [7, 11) is 0. The second-order valence-corrected chi connectivity index (χ2v) is 8.28. The van der Waals surface area contributed by atoms with Crippen molar-refractivity contribution in [1.29, 1.82) is 5.26 Å². The molecule has 7 nitrogen and oxygen atoms in total. The Labute approximate surface area is 179 Å². The van der Waals surface area contributed by atoms with Gasteiger partial charge in [0.05, 0.1) is 29.5 Å². The third kappa shape index (κ3) is 4.31. The van der Waals surface area contributed by atoms with Crippen LogP contribution in [0.3, 0.4) is 0 Å². The van der Waals surface area contributed by atoms with Crippen LogP contribution < -0.4 is 0 Å². The van der Waals surface area contributed by atoms with Gasteiger partial charge in [-0.15, -0.1) is 10.2 Å². The minimum Gasteiger partial charge on any atom is -0.462 e. The lowest BCUT2D eigenvalue weighted by Crippen LogP contribution is -2.22. The number of nitrogens with zero attached hydrogens (tertiary/aromatic N) is 5. The average molecular weight is 422 g/mol. The summed E-state index contributed by atoms with van der Waals surface area (Å²) in [5.41, 5.74) is 2.45. The Hall–Kier alpha value is -2.92. The van der Waals surface area contributed by atoms with Crippen molar-refractivity contribution in [2.45, 2.75) is 50.1 Å². The van der Waals surface area contributed by atoms with Crippen LogP contribution >= 0.6 is 11.8 Å². The zero-order valence-electron chi connectivity index (χ0n) is 16.9. The van der Waals surface area contributed by atoms with Crippen LogP contribution in [0, 0.1) is 11.3 Å². The van der Waals surface area contributed by atoms with Crippen molar-refractivity contribution in [2.75, 3.05) is 12.4 Å². The molecule has 1 aromatic carbocycles. The highest BCUT2D eigenvalue weighted by Gasteiger charge is 2.28. The first-order valence-corrected chi connectivity index (χ1v) is 11.2. The predicted molar refractivity (Wildman–Crippen MR) is 115 cm³/mol. The quantitative estimate of drug-likeness (QED) is 0.532. The van der Waals surface area contributed by atoms with E-state index in [0.717, 1.165) is 29.4 Å². The highest BCUT2D eigenvalue weighted by molar-refractivity contribution is 7.99. The van der Waals surface area contributed by atoms with E-state index in [0.29, 0.717) is 28.5 Å². The topological polar surface area (TPSA) is 93.2 Å². The van der Waals surface area contributed by atoms with Crippen molar-refractivity contribution >= 4 is 29.5 Å². The van der Waals surface area contributed by atoms with Crippen LogP contribution in [-0.4, -0.2) is 38.9 Å². The van der Waals surface area contributed by atoms with Crippen molar-refractivity contribution in [3.8, 4) is 6.07 Å². The number of benzene rings is 1. The Kier molecular flexibility index (Phi) is 6.29. The largest absolute Gasteiger partial charge is 0.462 e. The number of hydrogen-bond donors (Lipinski definition) is 0. The number of rotatable bonds is 5. The van der Waals surface area contributed by atoms with Gasteiger partial charge in [0.2, 0.25) is 5.16 Å². The maximum Gasteiger partial charge on any atom is 0.340 e. The fourth-order valence-corrected chi connectivity index (χ4v) is 4.61. The first-order chi connectivity index (χ1) is 14.7. The normalized spacial score (nSPS) is 17.1. The summed E-state index contributed by atoms with van der Waals surface area (Å²) in [4.78, 5) is 12.7. The molecule has 1 fully saturated rings. The summed E-state index contributed by atoms with van der Waals surface area (Å²) in [5, 5.41) is 23.3. The number of carbonyl (C=O) groups is 1. The van der Waals surface area contributed by atoms with E-state index in [9.17, 15) is 4.79 Å². The molecule has 2 aromatic rings. The number of hydrogen-bond acceptors (Lipinski definition) is 7. The first kappa shape index (κ1) is 20.4. The van der Waals surface area contributed by atoms with Gasteiger partial charge < -0.3 is 4.74 Å². The minimum absolute atomic E-state index is 0.287. The van der Waals surface area contributed by atoms with Crippen LogP contribution in [0.25, 0.3) is 6.08 Å². The zero-order valence-corrected chi connectivity index (χ0v) is 17.7. The Balaban J connectivity index is 1.71. The van der Waals surface area contributed by atoms with Crippen molar-refractivity contribution in [1.82, 2.24) is 14.9 Å². The van der Waals surface area contributed by atoms with Gasteiger partial charge in [0.25, 0.3) is 0 Å². The average Bonchev–Trinajstić information content (AvgIpc) is 3.22. The number of thioether (sulfide) groups is 1. The molecule has 0 atom stereocenters. The van der Waals surface area contributed by atoms with E-state index < -0.39 is 5.97 Å². The lowest BCUT2D eigenvalue weighted by Gasteiger charge is -2.22. The SMILES string of the molecule is CCOC(=O)/C(=C\c1ccc(C#N)cc1)C1=Nn2c(nnc2C2CCCCC2)SC1. The molecule has 0 spiro atoms. The third-order valence-corrected chi connectivity index (χ3v) is 6.25. The van der Waals surface area contributed by atoms with Crippen molar-refractivity contribution in [3.05, 3.63) is 46.8 Å². The van der Waals surface area contributed by atoms with Gasteiger partial charge in [-0.25, -0.2) is 4.79 Å². The molecule has 0 N–H and O–H groups in total.